The first-order valence-corrected chi connectivity index (χ1v) is 9.79. The second-order valence-electron chi connectivity index (χ2n) is 5.93. The van der Waals surface area contributed by atoms with Gasteiger partial charge in [-0.25, -0.2) is 9.97 Å². The molecule has 3 heterocycles. The van der Waals surface area contributed by atoms with Crippen LogP contribution in [0.15, 0.2) is 16.9 Å². The van der Waals surface area contributed by atoms with E-state index in [4.69, 9.17) is 0 Å². The summed E-state index contributed by atoms with van der Waals surface area (Å²) in [6, 6.07) is 0.856. The maximum Gasteiger partial charge on any atom is 0.222 e. The van der Waals surface area contributed by atoms with Crippen LogP contribution < -0.4 is 5.32 Å². The van der Waals surface area contributed by atoms with Gasteiger partial charge in [0.2, 0.25) is 5.95 Å². The van der Waals surface area contributed by atoms with Gasteiger partial charge in [0.15, 0.2) is 0 Å². The van der Waals surface area contributed by atoms with Crippen LogP contribution in [0.4, 0.5) is 5.95 Å². The van der Waals surface area contributed by atoms with Gasteiger partial charge in [0.25, 0.3) is 0 Å². The van der Waals surface area contributed by atoms with Crippen LogP contribution in [0.5, 0.6) is 0 Å². The molecule has 2 aliphatic heterocycles. The molecule has 2 aliphatic rings. The van der Waals surface area contributed by atoms with E-state index in [0.29, 0.717) is 0 Å². The van der Waals surface area contributed by atoms with E-state index < -0.39 is 0 Å². The van der Waals surface area contributed by atoms with Crippen LogP contribution in [0.25, 0.3) is 0 Å². The van der Waals surface area contributed by atoms with E-state index in [1.165, 1.54) is 50.3 Å². The Balaban J connectivity index is 1.40. The minimum atomic E-state index is 0.741. The number of likely N-dealkylation sites (tertiary alicyclic amines) is 1. The number of anilines is 1. The van der Waals surface area contributed by atoms with Crippen molar-refractivity contribution in [3.63, 3.8) is 0 Å². The van der Waals surface area contributed by atoms with Crippen molar-refractivity contribution in [2.24, 2.45) is 5.92 Å². The number of halogens is 1. The lowest BCUT2D eigenvalue weighted by Gasteiger charge is -2.39. The SMILES string of the molecule is Brc1cnc(NCC2CCN(C3CCSCC3)CC2)nc1. The van der Waals surface area contributed by atoms with Gasteiger partial charge in [0, 0.05) is 25.0 Å². The lowest BCUT2D eigenvalue weighted by atomic mass is 9.94. The summed E-state index contributed by atoms with van der Waals surface area (Å²) in [5.74, 6) is 4.21. The number of nitrogens with zero attached hydrogens (tertiary/aromatic N) is 3. The van der Waals surface area contributed by atoms with Crippen LogP contribution in [0, 0.1) is 5.92 Å². The second-order valence-corrected chi connectivity index (χ2v) is 8.07. The van der Waals surface area contributed by atoms with Crippen LogP contribution in [-0.4, -0.2) is 52.0 Å². The van der Waals surface area contributed by atoms with Crippen molar-refractivity contribution >= 4 is 33.6 Å². The highest BCUT2D eigenvalue weighted by molar-refractivity contribution is 9.10. The summed E-state index contributed by atoms with van der Waals surface area (Å²) >= 11 is 5.47. The van der Waals surface area contributed by atoms with Crippen molar-refractivity contribution in [2.45, 2.75) is 31.7 Å². The summed E-state index contributed by atoms with van der Waals surface area (Å²) in [6.45, 7) is 3.53. The molecule has 2 fully saturated rings. The Bertz CT molecular complexity index is 428. The molecule has 0 radical (unpaired) electrons. The fourth-order valence-electron chi connectivity index (χ4n) is 3.21. The third kappa shape index (κ3) is 4.57. The first kappa shape index (κ1) is 15.6. The van der Waals surface area contributed by atoms with Gasteiger partial charge in [0.05, 0.1) is 4.47 Å². The fraction of sp³-hybridized carbons (Fsp3) is 0.733. The third-order valence-corrected chi connectivity index (χ3v) is 5.98. The average Bonchev–Trinajstić information content (AvgIpc) is 2.56. The molecule has 4 nitrogen and oxygen atoms in total. The first-order valence-electron chi connectivity index (χ1n) is 7.84. The first-order chi connectivity index (χ1) is 10.3. The van der Waals surface area contributed by atoms with Gasteiger partial charge < -0.3 is 10.2 Å². The van der Waals surface area contributed by atoms with Crippen molar-refractivity contribution in [1.29, 1.82) is 0 Å². The van der Waals surface area contributed by atoms with E-state index in [1.807, 2.05) is 0 Å². The van der Waals surface area contributed by atoms with E-state index in [-0.39, 0.29) is 0 Å². The van der Waals surface area contributed by atoms with Gasteiger partial charge in [-0.15, -0.1) is 0 Å². The van der Waals surface area contributed by atoms with Gasteiger partial charge in [-0.3, -0.25) is 0 Å². The molecule has 2 saturated heterocycles. The predicted molar refractivity (Wildman–Crippen MR) is 92.9 cm³/mol. The van der Waals surface area contributed by atoms with Crippen molar-refractivity contribution in [3.05, 3.63) is 16.9 Å². The molecule has 0 amide bonds. The van der Waals surface area contributed by atoms with Gasteiger partial charge >= 0.3 is 0 Å². The molecule has 0 atom stereocenters. The van der Waals surface area contributed by atoms with Crippen LogP contribution in [-0.2, 0) is 0 Å². The Kier molecular flexibility index (Phi) is 5.77. The summed E-state index contributed by atoms with van der Waals surface area (Å²) in [6.07, 6.45) is 8.96. The van der Waals surface area contributed by atoms with Crippen molar-refractivity contribution in [3.8, 4) is 0 Å². The van der Waals surface area contributed by atoms with E-state index in [1.54, 1.807) is 12.4 Å². The van der Waals surface area contributed by atoms with Crippen LogP contribution >= 0.6 is 27.7 Å². The largest absolute Gasteiger partial charge is 0.354 e. The Morgan fingerprint density at radius 1 is 1.14 bits per heavy atom. The van der Waals surface area contributed by atoms with Gasteiger partial charge in [-0.05, 0) is 72.1 Å². The molecule has 0 saturated carbocycles. The monoisotopic (exact) mass is 370 g/mol. The highest BCUT2D eigenvalue weighted by Gasteiger charge is 2.26. The molecule has 1 aromatic rings. The molecular formula is C15H23BrN4S. The molecule has 21 heavy (non-hydrogen) atoms. The minimum Gasteiger partial charge on any atom is -0.354 e. The zero-order valence-corrected chi connectivity index (χ0v) is 14.7. The number of nitrogens with one attached hydrogen (secondary N) is 1. The molecular weight excluding hydrogens is 348 g/mol. The molecule has 6 heteroatoms. The predicted octanol–water partition coefficient (Wildman–Crippen LogP) is 3.26. The second kappa shape index (κ2) is 7.79. The Morgan fingerprint density at radius 3 is 2.48 bits per heavy atom. The Morgan fingerprint density at radius 2 is 1.81 bits per heavy atom. The van der Waals surface area contributed by atoms with Gasteiger partial charge in [0.1, 0.15) is 0 Å². The van der Waals surface area contributed by atoms with Crippen molar-refractivity contribution < 1.29 is 0 Å². The van der Waals surface area contributed by atoms with Gasteiger partial charge in [-0.1, -0.05) is 0 Å². The maximum atomic E-state index is 4.27. The van der Waals surface area contributed by atoms with E-state index in [2.05, 4.69) is 47.9 Å². The molecule has 0 aromatic carbocycles. The number of hydrogen-bond acceptors (Lipinski definition) is 5. The highest BCUT2D eigenvalue weighted by atomic mass is 79.9. The minimum absolute atomic E-state index is 0.741. The molecule has 0 aliphatic carbocycles. The van der Waals surface area contributed by atoms with Crippen LogP contribution in [0.2, 0.25) is 0 Å². The smallest absolute Gasteiger partial charge is 0.222 e. The fourth-order valence-corrected chi connectivity index (χ4v) is 4.50. The number of rotatable bonds is 4. The van der Waals surface area contributed by atoms with E-state index in [9.17, 15) is 0 Å². The molecule has 116 valence electrons. The number of piperidine rings is 1. The van der Waals surface area contributed by atoms with Crippen molar-refractivity contribution in [2.75, 3.05) is 36.5 Å². The molecule has 1 aromatic heterocycles. The summed E-state index contributed by atoms with van der Waals surface area (Å²) < 4.78 is 0.923. The zero-order valence-electron chi connectivity index (χ0n) is 12.3. The zero-order chi connectivity index (χ0) is 14.5. The molecule has 1 N–H and O–H groups in total. The maximum absolute atomic E-state index is 4.27. The Hall–Kier alpha value is -0.330. The standard InChI is InChI=1S/C15H23BrN4S/c16-13-10-18-15(19-11-13)17-9-12-1-5-20(6-2-12)14-3-7-21-8-4-14/h10-12,14H,1-9H2,(H,17,18,19). The summed E-state index contributed by atoms with van der Waals surface area (Å²) in [4.78, 5) is 11.3. The lowest BCUT2D eigenvalue weighted by molar-refractivity contribution is 0.129. The highest BCUT2D eigenvalue weighted by Crippen LogP contribution is 2.26. The molecule has 0 spiro atoms. The number of hydrogen-bond donors (Lipinski definition) is 1. The quantitative estimate of drug-likeness (QED) is 0.880. The normalized spacial score (nSPS) is 22.3. The molecule has 0 unspecified atom stereocenters. The summed E-state index contributed by atoms with van der Waals surface area (Å²) in [7, 11) is 0. The van der Waals surface area contributed by atoms with E-state index in [0.717, 1.165) is 28.9 Å². The van der Waals surface area contributed by atoms with E-state index >= 15 is 0 Å². The molecule has 0 bridgehead atoms. The van der Waals surface area contributed by atoms with Crippen LogP contribution in [0.1, 0.15) is 25.7 Å². The number of aromatic nitrogens is 2. The topological polar surface area (TPSA) is 41.1 Å². The number of thioether (sulfide) groups is 1. The summed E-state index contributed by atoms with van der Waals surface area (Å²) in [5.41, 5.74) is 0. The van der Waals surface area contributed by atoms with Crippen LogP contribution in [0.3, 0.4) is 0 Å². The summed E-state index contributed by atoms with van der Waals surface area (Å²) in [5, 5.41) is 3.37. The van der Waals surface area contributed by atoms with Crippen molar-refractivity contribution in [1.82, 2.24) is 14.9 Å². The average molecular weight is 371 g/mol. The third-order valence-electron chi connectivity index (χ3n) is 4.53. The van der Waals surface area contributed by atoms with Gasteiger partial charge in [-0.2, -0.15) is 11.8 Å². The Labute approximate surface area is 139 Å². The molecule has 3 rings (SSSR count). The lowest BCUT2D eigenvalue weighted by Crippen LogP contribution is -2.44.